The molecular weight excluding hydrogens is 240 g/mol. The van der Waals surface area contributed by atoms with Crippen LogP contribution in [0.5, 0.6) is 0 Å². The minimum atomic E-state index is 0.107. The summed E-state index contributed by atoms with van der Waals surface area (Å²) >= 11 is 0. The van der Waals surface area contributed by atoms with Crippen LogP contribution in [0.4, 0.5) is 0 Å². The van der Waals surface area contributed by atoms with Crippen LogP contribution in [0.2, 0.25) is 0 Å². The number of rotatable bonds is 1. The van der Waals surface area contributed by atoms with Crippen LogP contribution in [0, 0.1) is 12.8 Å². The average molecular weight is 258 g/mol. The fourth-order valence-electron chi connectivity index (χ4n) is 2.54. The highest BCUT2D eigenvalue weighted by molar-refractivity contribution is 5.95. The molecule has 0 bridgehead atoms. The van der Waals surface area contributed by atoms with E-state index in [4.69, 9.17) is 0 Å². The number of hydrogen-bond donors (Lipinski definition) is 0. The van der Waals surface area contributed by atoms with Gasteiger partial charge in [-0.1, -0.05) is 6.92 Å². The van der Waals surface area contributed by atoms with Gasteiger partial charge in [0.2, 0.25) is 0 Å². The van der Waals surface area contributed by atoms with Crippen molar-refractivity contribution in [1.82, 2.24) is 19.5 Å². The Morgan fingerprint density at radius 2 is 2.05 bits per heavy atom. The fourth-order valence-corrected chi connectivity index (χ4v) is 2.54. The molecule has 2 aromatic rings. The maximum absolute atomic E-state index is 12.4. The summed E-state index contributed by atoms with van der Waals surface area (Å²) < 4.78 is 1.88. The van der Waals surface area contributed by atoms with Gasteiger partial charge in [0, 0.05) is 24.8 Å². The summed E-state index contributed by atoms with van der Waals surface area (Å²) in [6.45, 7) is 5.86. The summed E-state index contributed by atoms with van der Waals surface area (Å²) in [6, 6.07) is 3.67. The summed E-state index contributed by atoms with van der Waals surface area (Å²) in [5, 5.41) is 8.07. The largest absolute Gasteiger partial charge is 0.339 e. The van der Waals surface area contributed by atoms with Crippen LogP contribution in [-0.4, -0.2) is 38.5 Å². The summed E-state index contributed by atoms with van der Waals surface area (Å²) in [5.74, 6) is 1.67. The van der Waals surface area contributed by atoms with Crippen molar-refractivity contribution in [1.29, 1.82) is 0 Å². The first-order chi connectivity index (χ1) is 9.15. The number of likely N-dealkylation sites (tertiary alicyclic amines) is 1. The Morgan fingerprint density at radius 1 is 1.32 bits per heavy atom. The Morgan fingerprint density at radius 3 is 2.79 bits per heavy atom. The molecule has 3 rings (SSSR count). The van der Waals surface area contributed by atoms with Crippen molar-refractivity contribution >= 4 is 11.6 Å². The Bertz CT molecular complexity index is 611. The van der Waals surface area contributed by atoms with Gasteiger partial charge in [-0.05, 0) is 37.8 Å². The minimum Gasteiger partial charge on any atom is -0.339 e. The molecular formula is C14H18N4O. The maximum Gasteiger partial charge on any atom is 0.254 e. The number of amides is 1. The van der Waals surface area contributed by atoms with Crippen molar-refractivity contribution in [2.24, 2.45) is 5.92 Å². The number of hydrogen-bond acceptors (Lipinski definition) is 3. The summed E-state index contributed by atoms with van der Waals surface area (Å²) in [6.07, 6.45) is 4.06. The molecule has 1 aliphatic heterocycles. The number of aromatic nitrogens is 3. The number of aryl methyl sites for hydroxylation is 1. The number of pyridine rings is 1. The molecule has 1 saturated heterocycles. The van der Waals surface area contributed by atoms with Crippen LogP contribution in [0.1, 0.15) is 35.9 Å². The van der Waals surface area contributed by atoms with E-state index >= 15 is 0 Å². The van der Waals surface area contributed by atoms with E-state index in [1.165, 1.54) is 0 Å². The molecule has 0 unspecified atom stereocenters. The Hall–Kier alpha value is -1.91. The zero-order valence-electron chi connectivity index (χ0n) is 11.3. The van der Waals surface area contributed by atoms with Gasteiger partial charge in [0.25, 0.3) is 5.91 Å². The van der Waals surface area contributed by atoms with E-state index < -0.39 is 0 Å². The van der Waals surface area contributed by atoms with E-state index in [0.717, 1.165) is 43.3 Å². The first-order valence-corrected chi connectivity index (χ1v) is 6.76. The molecule has 5 nitrogen and oxygen atoms in total. The standard InChI is InChI=1S/C14H18N4O/c1-10-3-6-17(7-4-10)14(19)12-5-8-18-11(2)15-16-13(18)9-12/h5,8-10H,3-4,6-7H2,1-2H3. The van der Waals surface area contributed by atoms with Crippen molar-refractivity contribution in [3.8, 4) is 0 Å². The Balaban J connectivity index is 1.85. The van der Waals surface area contributed by atoms with Crippen molar-refractivity contribution in [2.75, 3.05) is 13.1 Å². The first-order valence-electron chi connectivity index (χ1n) is 6.76. The highest BCUT2D eigenvalue weighted by Gasteiger charge is 2.21. The summed E-state index contributed by atoms with van der Waals surface area (Å²) in [7, 11) is 0. The zero-order valence-corrected chi connectivity index (χ0v) is 11.3. The van der Waals surface area contributed by atoms with Crippen LogP contribution < -0.4 is 0 Å². The summed E-state index contributed by atoms with van der Waals surface area (Å²) in [5.41, 5.74) is 1.43. The topological polar surface area (TPSA) is 50.5 Å². The van der Waals surface area contributed by atoms with Gasteiger partial charge in [-0.15, -0.1) is 10.2 Å². The van der Waals surface area contributed by atoms with E-state index in [1.54, 1.807) is 0 Å². The van der Waals surface area contributed by atoms with Gasteiger partial charge < -0.3 is 4.90 Å². The molecule has 1 amide bonds. The third kappa shape index (κ3) is 2.20. The number of carbonyl (C=O) groups is 1. The predicted molar refractivity (Wildman–Crippen MR) is 72.0 cm³/mol. The van der Waals surface area contributed by atoms with E-state index in [2.05, 4.69) is 17.1 Å². The fraction of sp³-hybridized carbons (Fsp3) is 0.500. The van der Waals surface area contributed by atoms with Gasteiger partial charge in [-0.25, -0.2) is 0 Å². The lowest BCUT2D eigenvalue weighted by Gasteiger charge is -2.30. The molecule has 3 heterocycles. The molecule has 0 saturated carbocycles. The molecule has 0 N–H and O–H groups in total. The Labute approximate surface area is 112 Å². The smallest absolute Gasteiger partial charge is 0.254 e. The van der Waals surface area contributed by atoms with E-state index in [-0.39, 0.29) is 5.91 Å². The monoisotopic (exact) mass is 258 g/mol. The van der Waals surface area contributed by atoms with Gasteiger partial charge >= 0.3 is 0 Å². The molecule has 5 heteroatoms. The quantitative estimate of drug-likeness (QED) is 0.785. The zero-order chi connectivity index (χ0) is 13.4. The normalized spacial score (nSPS) is 17.1. The molecule has 2 aromatic heterocycles. The summed E-state index contributed by atoms with van der Waals surface area (Å²) in [4.78, 5) is 14.4. The Kier molecular flexibility index (Phi) is 2.97. The number of carbonyl (C=O) groups excluding carboxylic acids is 1. The molecule has 19 heavy (non-hydrogen) atoms. The number of piperidine rings is 1. The SMILES string of the molecule is Cc1nnc2cc(C(=O)N3CCC(C)CC3)ccn12. The number of nitrogens with zero attached hydrogens (tertiary/aromatic N) is 4. The van der Waals surface area contributed by atoms with Crippen LogP contribution in [0.15, 0.2) is 18.3 Å². The van der Waals surface area contributed by atoms with Crippen molar-refractivity contribution < 1.29 is 4.79 Å². The van der Waals surface area contributed by atoms with Gasteiger partial charge in [-0.3, -0.25) is 9.20 Å². The van der Waals surface area contributed by atoms with Crippen LogP contribution in [-0.2, 0) is 0 Å². The molecule has 0 radical (unpaired) electrons. The third-order valence-electron chi connectivity index (χ3n) is 3.90. The van der Waals surface area contributed by atoms with Gasteiger partial charge in [-0.2, -0.15) is 0 Å². The molecule has 100 valence electrons. The van der Waals surface area contributed by atoms with Crippen LogP contribution >= 0.6 is 0 Å². The van der Waals surface area contributed by atoms with Crippen LogP contribution in [0.25, 0.3) is 5.65 Å². The second-order valence-corrected chi connectivity index (χ2v) is 5.37. The first kappa shape index (κ1) is 12.1. The van der Waals surface area contributed by atoms with E-state index in [9.17, 15) is 4.79 Å². The minimum absolute atomic E-state index is 0.107. The average Bonchev–Trinajstić information content (AvgIpc) is 2.80. The molecule has 0 spiro atoms. The highest BCUT2D eigenvalue weighted by atomic mass is 16.2. The molecule has 0 aromatic carbocycles. The predicted octanol–water partition coefficient (Wildman–Crippen LogP) is 1.91. The van der Waals surface area contributed by atoms with Crippen LogP contribution in [0.3, 0.4) is 0 Å². The molecule has 1 fully saturated rings. The van der Waals surface area contributed by atoms with E-state index in [0.29, 0.717) is 5.56 Å². The second kappa shape index (κ2) is 4.64. The lowest BCUT2D eigenvalue weighted by atomic mass is 9.99. The number of fused-ring (bicyclic) bond motifs is 1. The van der Waals surface area contributed by atoms with Crippen molar-refractivity contribution in [3.63, 3.8) is 0 Å². The highest BCUT2D eigenvalue weighted by Crippen LogP contribution is 2.18. The van der Waals surface area contributed by atoms with Crippen molar-refractivity contribution in [2.45, 2.75) is 26.7 Å². The second-order valence-electron chi connectivity index (χ2n) is 5.37. The molecule has 0 aliphatic carbocycles. The molecule has 0 atom stereocenters. The van der Waals surface area contributed by atoms with Gasteiger partial charge in [0.1, 0.15) is 5.82 Å². The van der Waals surface area contributed by atoms with Gasteiger partial charge in [0.15, 0.2) is 5.65 Å². The van der Waals surface area contributed by atoms with Gasteiger partial charge in [0.05, 0.1) is 0 Å². The van der Waals surface area contributed by atoms with Crippen molar-refractivity contribution in [3.05, 3.63) is 29.7 Å². The lowest BCUT2D eigenvalue weighted by molar-refractivity contribution is 0.0697. The third-order valence-corrected chi connectivity index (χ3v) is 3.90. The van der Waals surface area contributed by atoms with E-state index in [1.807, 2.05) is 34.6 Å². The maximum atomic E-state index is 12.4. The lowest BCUT2D eigenvalue weighted by Crippen LogP contribution is -2.37. The molecule has 1 aliphatic rings.